The van der Waals surface area contributed by atoms with E-state index in [-0.39, 0.29) is 24.1 Å². The number of ether oxygens (including phenoxy) is 1. The summed E-state index contributed by atoms with van der Waals surface area (Å²) in [5.41, 5.74) is 1.58. The Morgan fingerprint density at radius 3 is 2.71 bits per heavy atom. The van der Waals surface area contributed by atoms with E-state index in [0.717, 1.165) is 14.9 Å². The largest absolute Gasteiger partial charge is 0.495 e. The minimum atomic E-state index is -0.316. The first kappa shape index (κ1) is 18.2. The number of anilines is 1. The van der Waals surface area contributed by atoms with Gasteiger partial charge in [0, 0.05) is 0 Å². The number of thioether (sulfide) groups is 1. The first-order valence-corrected chi connectivity index (χ1v) is 8.92. The van der Waals surface area contributed by atoms with E-state index in [1.165, 1.54) is 30.2 Å². The number of benzene rings is 1. The van der Waals surface area contributed by atoms with Crippen LogP contribution in [0, 0.1) is 13.8 Å². The number of carbonyl (C=O) groups excluding carboxylic acids is 2. The van der Waals surface area contributed by atoms with Crippen LogP contribution in [0.4, 0.5) is 5.69 Å². The van der Waals surface area contributed by atoms with E-state index in [9.17, 15) is 9.59 Å². The predicted molar refractivity (Wildman–Crippen MR) is 94.7 cm³/mol. The first-order valence-electron chi connectivity index (χ1n) is 7.12. The molecular formula is C15H18N4O3S2. The van der Waals surface area contributed by atoms with Crippen molar-refractivity contribution in [1.82, 2.24) is 15.5 Å². The number of nitrogens with one attached hydrogen (secondary N) is 2. The zero-order valence-electron chi connectivity index (χ0n) is 13.6. The maximum absolute atomic E-state index is 12.0. The minimum absolute atomic E-state index is 0.106. The van der Waals surface area contributed by atoms with Crippen molar-refractivity contribution in [3.05, 3.63) is 28.8 Å². The van der Waals surface area contributed by atoms with Crippen molar-refractivity contribution >= 4 is 40.6 Å². The third kappa shape index (κ3) is 5.50. The molecule has 0 unspecified atom stereocenters. The number of aromatic nitrogens is 2. The van der Waals surface area contributed by atoms with E-state index >= 15 is 0 Å². The van der Waals surface area contributed by atoms with Gasteiger partial charge in [-0.2, -0.15) is 0 Å². The van der Waals surface area contributed by atoms with Crippen molar-refractivity contribution in [2.45, 2.75) is 18.2 Å². The summed E-state index contributed by atoms with van der Waals surface area (Å²) in [5, 5.41) is 14.0. The molecule has 7 nitrogen and oxygen atoms in total. The van der Waals surface area contributed by atoms with Gasteiger partial charge in [0.1, 0.15) is 10.8 Å². The van der Waals surface area contributed by atoms with Gasteiger partial charge in [-0.25, -0.2) is 0 Å². The maximum atomic E-state index is 12.0. The standard InChI is InChI=1S/C15H18N4O3S2/c1-9-4-5-12(22-3)11(6-9)17-13(20)7-16-14(21)8-23-15-19-18-10(2)24-15/h4-6H,7-8H2,1-3H3,(H,16,21)(H,17,20). The molecule has 0 aliphatic rings. The highest BCUT2D eigenvalue weighted by atomic mass is 32.2. The van der Waals surface area contributed by atoms with Gasteiger partial charge in [-0.3, -0.25) is 9.59 Å². The van der Waals surface area contributed by atoms with Gasteiger partial charge in [-0.15, -0.1) is 10.2 Å². The Labute approximate surface area is 148 Å². The monoisotopic (exact) mass is 366 g/mol. The number of carbonyl (C=O) groups is 2. The highest BCUT2D eigenvalue weighted by Crippen LogP contribution is 2.25. The molecule has 0 bridgehead atoms. The van der Waals surface area contributed by atoms with Gasteiger partial charge in [0.25, 0.3) is 0 Å². The Morgan fingerprint density at radius 1 is 1.25 bits per heavy atom. The summed E-state index contributed by atoms with van der Waals surface area (Å²) in [6.07, 6.45) is 0. The van der Waals surface area contributed by atoms with Crippen molar-refractivity contribution in [3.63, 3.8) is 0 Å². The molecule has 0 saturated heterocycles. The molecule has 0 aliphatic heterocycles. The Bertz CT molecular complexity index is 733. The summed E-state index contributed by atoms with van der Waals surface area (Å²) in [4.78, 5) is 23.7. The van der Waals surface area contributed by atoms with Crippen LogP contribution in [0.5, 0.6) is 5.75 Å². The molecule has 0 saturated carbocycles. The normalized spacial score (nSPS) is 10.3. The molecular weight excluding hydrogens is 348 g/mol. The molecule has 0 atom stereocenters. The molecule has 0 fully saturated rings. The number of hydrogen-bond acceptors (Lipinski definition) is 7. The van der Waals surface area contributed by atoms with E-state index in [4.69, 9.17) is 4.74 Å². The van der Waals surface area contributed by atoms with Crippen molar-refractivity contribution in [1.29, 1.82) is 0 Å². The van der Waals surface area contributed by atoms with Crippen LogP contribution < -0.4 is 15.4 Å². The minimum Gasteiger partial charge on any atom is -0.495 e. The molecule has 2 amide bonds. The van der Waals surface area contributed by atoms with E-state index in [1.807, 2.05) is 26.0 Å². The molecule has 24 heavy (non-hydrogen) atoms. The fraction of sp³-hybridized carbons (Fsp3) is 0.333. The third-order valence-corrected chi connectivity index (χ3v) is 4.88. The number of amides is 2. The fourth-order valence-electron chi connectivity index (χ4n) is 1.81. The summed E-state index contributed by atoms with van der Waals surface area (Å²) in [6.45, 7) is 3.67. The van der Waals surface area contributed by atoms with Crippen molar-refractivity contribution < 1.29 is 14.3 Å². The first-order chi connectivity index (χ1) is 11.5. The third-order valence-electron chi connectivity index (χ3n) is 2.91. The Morgan fingerprint density at radius 2 is 2.04 bits per heavy atom. The number of methoxy groups -OCH3 is 1. The molecule has 1 aromatic carbocycles. The van der Waals surface area contributed by atoms with Gasteiger partial charge in [-0.1, -0.05) is 29.2 Å². The highest BCUT2D eigenvalue weighted by molar-refractivity contribution is 8.01. The van der Waals surface area contributed by atoms with E-state index in [0.29, 0.717) is 11.4 Å². The summed E-state index contributed by atoms with van der Waals surface area (Å²) < 4.78 is 5.93. The number of hydrogen-bond donors (Lipinski definition) is 2. The van der Waals surface area contributed by atoms with Crippen LogP contribution in [0.25, 0.3) is 0 Å². The van der Waals surface area contributed by atoms with Crippen LogP contribution in [0.15, 0.2) is 22.5 Å². The molecule has 0 spiro atoms. The van der Waals surface area contributed by atoms with Gasteiger partial charge in [-0.05, 0) is 31.5 Å². The smallest absolute Gasteiger partial charge is 0.243 e. The molecule has 9 heteroatoms. The lowest BCUT2D eigenvalue weighted by atomic mass is 10.2. The lowest BCUT2D eigenvalue weighted by molar-refractivity contribution is -0.122. The van der Waals surface area contributed by atoms with E-state index < -0.39 is 0 Å². The summed E-state index contributed by atoms with van der Waals surface area (Å²) in [7, 11) is 1.54. The number of nitrogens with zero attached hydrogens (tertiary/aromatic N) is 2. The van der Waals surface area contributed by atoms with Crippen molar-refractivity contribution in [2.24, 2.45) is 0 Å². The average molecular weight is 366 g/mol. The van der Waals surface area contributed by atoms with E-state index in [1.54, 1.807) is 6.07 Å². The van der Waals surface area contributed by atoms with Crippen LogP contribution in [0.3, 0.4) is 0 Å². The Kier molecular flexibility index (Phi) is 6.56. The second-order valence-corrected chi connectivity index (χ2v) is 7.31. The number of aryl methyl sites for hydroxylation is 2. The second kappa shape index (κ2) is 8.65. The lowest BCUT2D eigenvalue weighted by Crippen LogP contribution is -2.34. The lowest BCUT2D eigenvalue weighted by Gasteiger charge is -2.11. The molecule has 1 heterocycles. The summed E-state index contributed by atoms with van der Waals surface area (Å²) in [6, 6.07) is 5.49. The number of rotatable bonds is 7. The molecule has 1 aromatic heterocycles. The fourth-order valence-corrected chi connectivity index (χ4v) is 3.45. The van der Waals surface area contributed by atoms with E-state index in [2.05, 4.69) is 20.8 Å². The second-order valence-electron chi connectivity index (χ2n) is 4.90. The average Bonchev–Trinajstić information content (AvgIpc) is 2.97. The Hall–Kier alpha value is -2.13. The van der Waals surface area contributed by atoms with Gasteiger partial charge in [0.2, 0.25) is 11.8 Å². The molecule has 0 aliphatic carbocycles. The summed E-state index contributed by atoms with van der Waals surface area (Å²) in [5.74, 6) is 0.209. The molecule has 128 valence electrons. The van der Waals surface area contributed by atoms with Crippen LogP contribution in [0.2, 0.25) is 0 Å². The predicted octanol–water partition coefficient (Wildman–Crippen LogP) is 2.01. The van der Waals surface area contributed by atoms with Crippen LogP contribution >= 0.6 is 23.1 Å². The highest BCUT2D eigenvalue weighted by Gasteiger charge is 2.11. The summed E-state index contributed by atoms with van der Waals surface area (Å²) >= 11 is 2.72. The van der Waals surface area contributed by atoms with Crippen LogP contribution in [0.1, 0.15) is 10.6 Å². The SMILES string of the molecule is COc1ccc(C)cc1NC(=O)CNC(=O)CSc1nnc(C)s1. The molecule has 2 rings (SSSR count). The maximum Gasteiger partial charge on any atom is 0.243 e. The van der Waals surface area contributed by atoms with Crippen molar-refractivity contribution in [3.8, 4) is 5.75 Å². The van der Waals surface area contributed by atoms with Crippen LogP contribution in [-0.2, 0) is 9.59 Å². The molecule has 2 aromatic rings. The molecule has 0 radical (unpaired) electrons. The van der Waals surface area contributed by atoms with Gasteiger partial charge >= 0.3 is 0 Å². The van der Waals surface area contributed by atoms with Gasteiger partial charge in [0.05, 0.1) is 25.1 Å². The Balaban J connectivity index is 1.78. The topological polar surface area (TPSA) is 93.2 Å². The zero-order chi connectivity index (χ0) is 17.5. The zero-order valence-corrected chi connectivity index (χ0v) is 15.2. The van der Waals surface area contributed by atoms with Crippen LogP contribution in [-0.4, -0.2) is 41.4 Å². The quantitative estimate of drug-likeness (QED) is 0.728. The van der Waals surface area contributed by atoms with Crippen molar-refractivity contribution in [2.75, 3.05) is 24.7 Å². The van der Waals surface area contributed by atoms with Gasteiger partial charge < -0.3 is 15.4 Å². The van der Waals surface area contributed by atoms with Gasteiger partial charge in [0.15, 0.2) is 4.34 Å². The molecule has 2 N–H and O–H groups in total.